The molecule has 0 bridgehead atoms. The van der Waals surface area contributed by atoms with Gasteiger partial charge in [0.2, 0.25) is 5.75 Å². The van der Waals surface area contributed by atoms with E-state index in [1.807, 2.05) is 31.2 Å². The summed E-state index contributed by atoms with van der Waals surface area (Å²) in [6, 6.07) is 21.0. The summed E-state index contributed by atoms with van der Waals surface area (Å²) in [5, 5.41) is 14.4. The lowest BCUT2D eigenvalue weighted by Gasteiger charge is -2.17. The summed E-state index contributed by atoms with van der Waals surface area (Å²) in [6.07, 6.45) is 1.54. The number of hydrogen-bond acceptors (Lipinski definition) is 8. The SMILES string of the molecule is COc1cc(C)c(-c2nc3ccccc3c(=O)n2N=Cc2cc(OC)c(OCc3cccc(C(=O)O)c3)c(OC)c2)cc1C(C)C. The minimum absolute atomic E-state index is 0.0857. The Hall–Kier alpha value is -5.64. The van der Waals surface area contributed by atoms with Gasteiger partial charge in [0.1, 0.15) is 12.4 Å². The highest BCUT2D eigenvalue weighted by Gasteiger charge is 2.19. The second kappa shape index (κ2) is 13.6. The zero-order valence-corrected chi connectivity index (χ0v) is 26.5. The second-order valence-corrected chi connectivity index (χ2v) is 10.9. The number of rotatable bonds is 11. The standard InChI is InChI=1S/C36H35N3O7/c1-21(2)27-18-28(22(3)14-30(27)43-4)34-38-29-13-8-7-12-26(29)35(40)39(34)37-19-24-16-31(44-5)33(32(17-24)45-6)46-20-23-10-9-11-25(15-23)36(41)42/h7-19,21H,20H2,1-6H3,(H,41,42). The molecular formula is C36H35N3O7. The molecular weight excluding hydrogens is 586 g/mol. The Kier molecular flexibility index (Phi) is 9.37. The van der Waals surface area contributed by atoms with E-state index >= 15 is 0 Å². The van der Waals surface area contributed by atoms with Crippen molar-refractivity contribution in [2.75, 3.05) is 21.3 Å². The van der Waals surface area contributed by atoms with E-state index in [0.29, 0.717) is 45.1 Å². The first-order valence-electron chi connectivity index (χ1n) is 14.6. The second-order valence-electron chi connectivity index (χ2n) is 10.9. The van der Waals surface area contributed by atoms with E-state index in [1.54, 1.807) is 49.6 Å². The van der Waals surface area contributed by atoms with Crippen molar-refractivity contribution in [1.82, 2.24) is 9.66 Å². The smallest absolute Gasteiger partial charge is 0.335 e. The van der Waals surface area contributed by atoms with Gasteiger partial charge in [-0.2, -0.15) is 9.78 Å². The van der Waals surface area contributed by atoms with E-state index in [1.165, 1.54) is 31.2 Å². The molecule has 0 saturated carbocycles. The number of carbonyl (C=O) groups is 1. The number of aryl methyl sites for hydroxylation is 1. The maximum atomic E-state index is 13.9. The Labute approximate surface area is 266 Å². The first-order valence-corrected chi connectivity index (χ1v) is 14.6. The summed E-state index contributed by atoms with van der Waals surface area (Å²) >= 11 is 0. The van der Waals surface area contributed by atoms with Crippen molar-refractivity contribution in [3.05, 3.63) is 111 Å². The Morgan fingerprint density at radius 3 is 2.28 bits per heavy atom. The summed E-state index contributed by atoms with van der Waals surface area (Å²) in [5.41, 5.74) is 4.28. The number of para-hydroxylation sites is 1. The molecule has 0 aliphatic heterocycles. The van der Waals surface area contributed by atoms with Crippen LogP contribution in [0.15, 0.2) is 82.7 Å². The van der Waals surface area contributed by atoms with E-state index in [2.05, 4.69) is 18.9 Å². The fourth-order valence-corrected chi connectivity index (χ4v) is 5.16. The van der Waals surface area contributed by atoms with Crippen molar-refractivity contribution in [3.8, 4) is 34.4 Å². The molecule has 10 heteroatoms. The molecule has 1 heterocycles. The normalized spacial score (nSPS) is 11.3. The molecule has 0 spiro atoms. The van der Waals surface area contributed by atoms with E-state index < -0.39 is 5.97 Å². The van der Waals surface area contributed by atoms with E-state index in [-0.39, 0.29) is 23.6 Å². The predicted molar refractivity (Wildman–Crippen MR) is 177 cm³/mol. The highest BCUT2D eigenvalue weighted by Crippen LogP contribution is 2.39. The fourth-order valence-electron chi connectivity index (χ4n) is 5.16. The molecule has 5 rings (SSSR count). The summed E-state index contributed by atoms with van der Waals surface area (Å²) in [6.45, 7) is 6.20. The average molecular weight is 622 g/mol. The third-order valence-corrected chi connectivity index (χ3v) is 7.56. The monoisotopic (exact) mass is 621 g/mol. The number of hydrogen-bond donors (Lipinski definition) is 1. The first kappa shape index (κ1) is 31.8. The Balaban J connectivity index is 1.58. The van der Waals surface area contributed by atoms with Crippen LogP contribution >= 0.6 is 0 Å². The zero-order valence-electron chi connectivity index (χ0n) is 26.5. The molecule has 0 unspecified atom stereocenters. The molecule has 0 radical (unpaired) electrons. The molecule has 4 aromatic carbocycles. The van der Waals surface area contributed by atoms with Crippen LogP contribution in [-0.2, 0) is 6.61 Å². The largest absolute Gasteiger partial charge is 0.496 e. The van der Waals surface area contributed by atoms with Gasteiger partial charge < -0.3 is 24.1 Å². The summed E-state index contributed by atoms with van der Waals surface area (Å²) in [7, 11) is 4.65. The van der Waals surface area contributed by atoms with Gasteiger partial charge in [0.15, 0.2) is 17.3 Å². The highest BCUT2D eigenvalue weighted by molar-refractivity contribution is 5.87. The van der Waals surface area contributed by atoms with Crippen LogP contribution in [0.2, 0.25) is 0 Å². The van der Waals surface area contributed by atoms with Crippen LogP contribution in [0.5, 0.6) is 23.0 Å². The van der Waals surface area contributed by atoms with Gasteiger partial charge in [0, 0.05) is 11.1 Å². The molecule has 46 heavy (non-hydrogen) atoms. The number of carboxylic acid groups (broad SMARTS) is 1. The van der Waals surface area contributed by atoms with Crippen molar-refractivity contribution in [3.63, 3.8) is 0 Å². The zero-order chi connectivity index (χ0) is 33.0. The molecule has 0 fully saturated rings. The quantitative estimate of drug-likeness (QED) is 0.162. The Morgan fingerprint density at radius 2 is 1.63 bits per heavy atom. The topological polar surface area (TPSA) is 121 Å². The van der Waals surface area contributed by atoms with Crippen LogP contribution in [0.4, 0.5) is 0 Å². The van der Waals surface area contributed by atoms with E-state index in [9.17, 15) is 14.7 Å². The van der Waals surface area contributed by atoms with Crippen molar-refractivity contribution in [1.29, 1.82) is 0 Å². The van der Waals surface area contributed by atoms with Gasteiger partial charge in [-0.3, -0.25) is 4.79 Å². The van der Waals surface area contributed by atoms with Crippen molar-refractivity contribution < 1.29 is 28.8 Å². The maximum absolute atomic E-state index is 13.9. The minimum atomic E-state index is -1.02. The number of ether oxygens (including phenoxy) is 4. The summed E-state index contributed by atoms with van der Waals surface area (Å²) in [4.78, 5) is 30.1. The van der Waals surface area contributed by atoms with Crippen LogP contribution in [0.1, 0.15) is 52.4 Å². The van der Waals surface area contributed by atoms with Gasteiger partial charge in [0.05, 0.1) is 44.0 Å². The Bertz CT molecular complexity index is 1990. The van der Waals surface area contributed by atoms with Crippen LogP contribution in [0.25, 0.3) is 22.3 Å². The predicted octanol–water partition coefficient (Wildman–Crippen LogP) is 6.68. The number of carboxylic acids is 1. The fraction of sp³-hybridized carbons (Fsp3) is 0.222. The van der Waals surface area contributed by atoms with Gasteiger partial charge in [-0.05, 0) is 78.1 Å². The molecule has 5 aromatic rings. The molecule has 0 aliphatic carbocycles. The molecule has 1 N–H and O–H groups in total. The molecule has 0 atom stereocenters. The van der Waals surface area contributed by atoms with Gasteiger partial charge in [-0.15, -0.1) is 0 Å². The van der Waals surface area contributed by atoms with Crippen molar-refractivity contribution in [2.45, 2.75) is 33.3 Å². The number of aromatic carboxylic acids is 1. The highest BCUT2D eigenvalue weighted by atomic mass is 16.5. The number of methoxy groups -OCH3 is 3. The van der Waals surface area contributed by atoms with Crippen LogP contribution < -0.4 is 24.5 Å². The molecule has 10 nitrogen and oxygen atoms in total. The third-order valence-electron chi connectivity index (χ3n) is 7.56. The molecule has 0 aliphatic rings. The molecule has 1 aromatic heterocycles. The number of nitrogens with zero attached hydrogens (tertiary/aromatic N) is 3. The summed E-state index contributed by atoms with van der Waals surface area (Å²) < 4.78 is 24.2. The third kappa shape index (κ3) is 6.41. The lowest BCUT2D eigenvalue weighted by molar-refractivity contribution is 0.0696. The Morgan fingerprint density at radius 1 is 0.935 bits per heavy atom. The number of fused-ring (bicyclic) bond motifs is 1. The van der Waals surface area contributed by atoms with Crippen molar-refractivity contribution >= 4 is 23.1 Å². The minimum Gasteiger partial charge on any atom is -0.496 e. The summed E-state index contributed by atoms with van der Waals surface area (Å²) in [5.74, 6) is 1.38. The average Bonchev–Trinajstić information content (AvgIpc) is 3.06. The van der Waals surface area contributed by atoms with Crippen LogP contribution in [-0.4, -0.2) is 48.3 Å². The van der Waals surface area contributed by atoms with E-state index in [0.717, 1.165) is 22.4 Å². The van der Waals surface area contributed by atoms with Crippen LogP contribution in [0, 0.1) is 6.92 Å². The lowest BCUT2D eigenvalue weighted by atomic mass is 9.96. The van der Waals surface area contributed by atoms with Crippen LogP contribution in [0.3, 0.4) is 0 Å². The van der Waals surface area contributed by atoms with E-state index in [4.69, 9.17) is 23.9 Å². The molecule has 236 valence electrons. The van der Waals surface area contributed by atoms with Gasteiger partial charge >= 0.3 is 5.97 Å². The molecule has 0 amide bonds. The maximum Gasteiger partial charge on any atom is 0.335 e. The number of benzene rings is 4. The molecule has 0 saturated heterocycles. The lowest BCUT2D eigenvalue weighted by Crippen LogP contribution is -2.20. The van der Waals surface area contributed by atoms with Gasteiger partial charge in [-0.1, -0.05) is 38.1 Å². The number of aromatic nitrogens is 2. The van der Waals surface area contributed by atoms with Gasteiger partial charge in [0.25, 0.3) is 5.56 Å². The first-order chi connectivity index (χ1) is 22.1. The van der Waals surface area contributed by atoms with Gasteiger partial charge in [-0.25, -0.2) is 9.78 Å². The van der Waals surface area contributed by atoms with Crippen molar-refractivity contribution in [2.24, 2.45) is 5.10 Å².